The molecule has 0 aromatic heterocycles. The molecule has 1 rings (SSSR count). The maximum Gasteiger partial charge on any atom is 0.176 e. The normalized spacial score (nSPS) is 10.4. The molecule has 0 aliphatic heterocycles. The van der Waals surface area contributed by atoms with Gasteiger partial charge in [0.05, 0.1) is 0 Å². The molecule has 0 unspecified atom stereocenters. The van der Waals surface area contributed by atoms with Gasteiger partial charge < -0.3 is 11.6 Å². The lowest BCUT2D eigenvalue weighted by atomic mass is 10.2. The molecule has 1 aromatic carbocycles. The molecule has 0 saturated carbocycles. The highest BCUT2D eigenvalue weighted by Gasteiger charge is 2.05. The number of thiocarbonyl (C=S) groups is 1. The molecule has 4 N–H and O–H groups in total. The topological polar surface area (TPSA) is 67.6 Å². The standard InChI is InChI=1S/C9H12N4S/c1-7-2-4-8(5-3-7)13(6-12-11)9(10)14/h2-6H,11H2,1H3,(H2,10,14). The quantitative estimate of drug-likeness (QED) is 0.250. The number of hydrazone groups is 1. The zero-order valence-corrected chi connectivity index (χ0v) is 8.66. The molecular formula is C9H12N4S. The summed E-state index contributed by atoms with van der Waals surface area (Å²) in [4.78, 5) is 1.54. The van der Waals surface area contributed by atoms with Crippen LogP contribution in [0.15, 0.2) is 29.4 Å². The van der Waals surface area contributed by atoms with Crippen molar-refractivity contribution in [1.29, 1.82) is 0 Å². The van der Waals surface area contributed by atoms with Gasteiger partial charge in [-0.25, -0.2) is 0 Å². The Balaban J connectivity index is 2.99. The summed E-state index contributed by atoms with van der Waals surface area (Å²) in [5, 5.41) is 3.60. The Kier molecular flexibility index (Phi) is 3.41. The predicted molar refractivity (Wildman–Crippen MR) is 63.1 cm³/mol. The third kappa shape index (κ3) is 2.43. The van der Waals surface area contributed by atoms with Crippen molar-refractivity contribution in [1.82, 2.24) is 0 Å². The molecule has 0 atom stereocenters. The minimum Gasteiger partial charge on any atom is -0.376 e. The molecule has 0 aliphatic rings. The van der Waals surface area contributed by atoms with Crippen LogP contribution >= 0.6 is 12.2 Å². The summed E-state index contributed by atoms with van der Waals surface area (Å²) in [6, 6.07) is 7.72. The molecule has 14 heavy (non-hydrogen) atoms. The minimum absolute atomic E-state index is 0.211. The van der Waals surface area contributed by atoms with E-state index < -0.39 is 0 Å². The summed E-state index contributed by atoms with van der Waals surface area (Å²) in [5.74, 6) is 5.05. The van der Waals surface area contributed by atoms with E-state index in [1.807, 2.05) is 31.2 Å². The molecule has 0 radical (unpaired) electrons. The first-order valence-electron chi connectivity index (χ1n) is 4.04. The first kappa shape index (κ1) is 10.5. The van der Waals surface area contributed by atoms with Crippen molar-refractivity contribution in [3.05, 3.63) is 29.8 Å². The van der Waals surface area contributed by atoms with Crippen LogP contribution in [0.5, 0.6) is 0 Å². The Hall–Kier alpha value is -1.62. The van der Waals surface area contributed by atoms with Gasteiger partial charge in [0.1, 0.15) is 6.34 Å². The van der Waals surface area contributed by atoms with Gasteiger partial charge in [-0.05, 0) is 31.3 Å². The highest BCUT2D eigenvalue weighted by Crippen LogP contribution is 2.13. The first-order chi connectivity index (χ1) is 6.65. The highest BCUT2D eigenvalue weighted by atomic mass is 32.1. The number of nitrogens with zero attached hydrogens (tertiary/aromatic N) is 2. The largest absolute Gasteiger partial charge is 0.376 e. The molecule has 5 heteroatoms. The van der Waals surface area contributed by atoms with Gasteiger partial charge in [-0.1, -0.05) is 17.7 Å². The van der Waals surface area contributed by atoms with E-state index in [9.17, 15) is 0 Å². The second kappa shape index (κ2) is 4.57. The number of hydrogen-bond donors (Lipinski definition) is 2. The third-order valence-electron chi connectivity index (χ3n) is 1.73. The zero-order chi connectivity index (χ0) is 10.6. The van der Waals surface area contributed by atoms with Crippen LogP contribution in [0.2, 0.25) is 0 Å². The Bertz CT molecular complexity index is 344. The van der Waals surface area contributed by atoms with Gasteiger partial charge >= 0.3 is 0 Å². The lowest BCUT2D eigenvalue weighted by molar-refractivity contribution is 1.24. The van der Waals surface area contributed by atoms with E-state index in [-0.39, 0.29) is 5.11 Å². The summed E-state index contributed by atoms with van der Waals surface area (Å²) in [7, 11) is 0. The fraction of sp³-hybridized carbons (Fsp3) is 0.111. The molecule has 0 amide bonds. The number of rotatable bonds is 2. The lowest BCUT2D eigenvalue weighted by Crippen LogP contribution is -2.34. The van der Waals surface area contributed by atoms with E-state index in [1.165, 1.54) is 16.8 Å². The zero-order valence-electron chi connectivity index (χ0n) is 7.84. The predicted octanol–water partition coefficient (Wildman–Crippen LogP) is 0.947. The first-order valence-corrected chi connectivity index (χ1v) is 4.44. The number of benzene rings is 1. The Labute approximate surface area is 88.2 Å². The van der Waals surface area contributed by atoms with E-state index in [4.69, 9.17) is 23.8 Å². The average Bonchev–Trinajstić information content (AvgIpc) is 2.15. The molecule has 4 nitrogen and oxygen atoms in total. The van der Waals surface area contributed by atoms with E-state index in [0.717, 1.165) is 5.69 Å². The van der Waals surface area contributed by atoms with E-state index in [0.29, 0.717) is 0 Å². The summed E-state index contributed by atoms with van der Waals surface area (Å²) in [6.07, 6.45) is 1.38. The minimum atomic E-state index is 0.211. The Morgan fingerprint density at radius 1 is 1.43 bits per heavy atom. The monoisotopic (exact) mass is 208 g/mol. The molecule has 0 saturated heterocycles. The van der Waals surface area contributed by atoms with Crippen molar-refractivity contribution in [2.24, 2.45) is 16.7 Å². The summed E-state index contributed by atoms with van der Waals surface area (Å²) in [5.41, 5.74) is 7.52. The molecule has 0 spiro atoms. The van der Waals surface area contributed by atoms with Crippen molar-refractivity contribution in [3.8, 4) is 0 Å². The van der Waals surface area contributed by atoms with Gasteiger partial charge in [0, 0.05) is 5.69 Å². The van der Waals surface area contributed by atoms with Gasteiger partial charge in [0.15, 0.2) is 5.11 Å². The highest BCUT2D eigenvalue weighted by molar-refractivity contribution is 7.80. The molecule has 0 aliphatic carbocycles. The fourth-order valence-corrected chi connectivity index (χ4v) is 1.18. The number of hydrogen-bond acceptors (Lipinski definition) is 3. The third-order valence-corrected chi connectivity index (χ3v) is 1.93. The van der Waals surface area contributed by atoms with Crippen LogP contribution in [0, 0.1) is 6.92 Å². The van der Waals surface area contributed by atoms with Gasteiger partial charge in [0.25, 0.3) is 0 Å². The van der Waals surface area contributed by atoms with Gasteiger partial charge in [-0.15, -0.1) is 0 Å². The van der Waals surface area contributed by atoms with E-state index in [1.54, 1.807) is 0 Å². The van der Waals surface area contributed by atoms with Crippen LogP contribution in [0.3, 0.4) is 0 Å². The maximum absolute atomic E-state index is 5.50. The molecule has 0 bridgehead atoms. The SMILES string of the molecule is Cc1ccc(N(C=NN)C(N)=S)cc1. The summed E-state index contributed by atoms with van der Waals surface area (Å²) in [6.45, 7) is 2.01. The van der Waals surface area contributed by atoms with Crippen LogP contribution in [-0.2, 0) is 0 Å². The van der Waals surface area contributed by atoms with Crippen molar-refractivity contribution in [3.63, 3.8) is 0 Å². The van der Waals surface area contributed by atoms with Gasteiger partial charge in [-0.3, -0.25) is 4.90 Å². The fourth-order valence-electron chi connectivity index (χ4n) is 1.02. The van der Waals surface area contributed by atoms with E-state index >= 15 is 0 Å². The van der Waals surface area contributed by atoms with Crippen molar-refractivity contribution >= 4 is 29.4 Å². The maximum atomic E-state index is 5.50. The Morgan fingerprint density at radius 3 is 2.43 bits per heavy atom. The average molecular weight is 208 g/mol. The second-order valence-electron chi connectivity index (χ2n) is 2.81. The molecule has 0 fully saturated rings. The van der Waals surface area contributed by atoms with Crippen LogP contribution in [0.1, 0.15) is 5.56 Å². The number of aryl methyl sites for hydroxylation is 1. The van der Waals surface area contributed by atoms with Crippen molar-refractivity contribution < 1.29 is 0 Å². The smallest absolute Gasteiger partial charge is 0.176 e. The van der Waals surface area contributed by atoms with Gasteiger partial charge in [-0.2, -0.15) is 5.10 Å². The second-order valence-corrected chi connectivity index (χ2v) is 3.23. The van der Waals surface area contributed by atoms with E-state index in [2.05, 4.69) is 5.10 Å². The van der Waals surface area contributed by atoms with Crippen LogP contribution in [0.25, 0.3) is 0 Å². The number of nitrogens with two attached hydrogens (primary N) is 2. The summed E-state index contributed by atoms with van der Waals surface area (Å²) >= 11 is 4.85. The van der Waals surface area contributed by atoms with Crippen LogP contribution < -0.4 is 16.5 Å². The van der Waals surface area contributed by atoms with Crippen LogP contribution in [-0.4, -0.2) is 11.5 Å². The lowest BCUT2D eigenvalue weighted by Gasteiger charge is -2.16. The molecule has 74 valence electrons. The van der Waals surface area contributed by atoms with Gasteiger partial charge in [0.2, 0.25) is 0 Å². The Morgan fingerprint density at radius 2 is 2.00 bits per heavy atom. The molecular weight excluding hydrogens is 196 g/mol. The van der Waals surface area contributed by atoms with Crippen LogP contribution in [0.4, 0.5) is 5.69 Å². The molecule has 0 heterocycles. The van der Waals surface area contributed by atoms with Crippen molar-refractivity contribution in [2.45, 2.75) is 6.92 Å². The number of anilines is 1. The summed E-state index contributed by atoms with van der Waals surface area (Å²) < 4.78 is 0. The van der Waals surface area contributed by atoms with Crippen molar-refractivity contribution in [2.75, 3.05) is 4.90 Å². The molecule has 1 aromatic rings.